The largest absolute Gasteiger partial charge is 0.481 e. The molecule has 1 saturated heterocycles. The summed E-state index contributed by atoms with van der Waals surface area (Å²) >= 11 is 12.7. The van der Waals surface area contributed by atoms with Crippen LogP contribution >= 0.6 is 23.2 Å². The first kappa shape index (κ1) is 29.1. The molecule has 2 aromatic carbocycles. The number of rotatable bonds is 4. The number of carbonyl (C=O) groups excluding carboxylic acids is 2. The van der Waals surface area contributed by atoms with Crippen molar-refractivity contribution in [2.75, 3.05) is 12.4 Å². The lowest BCUT2D eigenvalue weighted by atomic mass is 9.46. The van der Waals surface area contributed by atoms with Crippen molar-refractivity contribution in [3.8, 4) is 0 Å². The second-order valence-corrected chi connectivity index (χ2v) is 15.4. The van der Waals surface area contributed by atoms with Crippen molar-refractivity contribution in [2.45, 2.75) is 93.7 Å². The molecule has 2 aromatic rings. The van der Waals surface area contributed by atoms with Crippen LogP contribution in [-0.4, -0.2) is 52.0 Å². The van der Waals surface area contributed by atoms with Gasteiger partial charge in [0, 0.05) is 27.7 Å². The zero-order chi connectivity index (χ0) is 30.7. The summed E-state index contributed by atoms with van der Waals surface area (Å²) in [5.41, 5.74) is -1.91. The molecule has 2 spiro atoms. The molecule has 0 aromatic heterocycles. The van der Waals surface area contributed by atoms with E-state index < -0.39 is 45.7 Å². The maximum atomic E-state index is 16.2. The highest BCUT2D eigenvalue weighted by Crippen LogP contribution is 2.71. The molecular formula is C33H36Cl2FN3O4. The molecule has 3 unspecified atom stereocenters. The van der Waals surface area contributed by atoms with Gasteiger partial charge in [0.05, 0.1) is 16.5 Å². The molecule has 2 bridgehead atoms. The molecule has 43 heavy (non-hydrogen) atoms. The second-order valence-electron chi connectivity index (χ2n) is 14.5. The first-order valence-electron chi connectivity index (χ1n) is 15.0. The lowest BCUT2D eigenvalue weighted by molar-refractivity contribution is -0.157. The van der Waals surface area contributed by atoms with Crippen molar-refractivity contribution in [1.82, 2.24) is 10.2 Å². The van der Waals surface area contributed by atoms with Gasteiger partial charge in [0.2, 0.25) is 11.8 Å². The van der Waals surface area contributed by atoms with E-state index >= 15 is 4.39 Å². The standard InChI is InChI=1S/C33H36Cl2FN3O4/c1-29(2)16-32(17-29)33(20-8-7-18(34)15-22(20)37-27(33)41)23(19-5-4-6-21(35)24(19)36)25(39(32)3)26(40)38-31-12-9-30(10-13-31,11-14-31)28(42)43/h4-8,15,23,25H,9-14,16-17H2,1-3H3,(H,37,41)(H,38,40)(H,42,43). The summed E-state index contributed by atoms with van der Waals surface area (Å²) in [4.78, 5) is 43.4. The number of likely N-dealkylation sites (N-methyl/N-ethyl adjacent to an activating group) is 1. The molecule has 10 heteroatoms. The minimum atomic E-state index is -1.29. The van der Waals surface area contributed by atoms with Crippen molar-refractivity contribution < 1.29 is 23.9 Å². The van der Waals surface area contributed by atoms with Crippen LogP contribution in [-0.2, 0) is 19.8 Å². The van der Waals surface area contributed by atoms with Crippen LogP contribution in [0.3, 0.4) is 0 Å². The van der Waals surface area contributed by atoms with Gasteiger partial charge in [0.1, 0.15) is 11.2 Å². The fourth-order valence-electron chi connectivity index (χ4n) is 9.95. The average Bonchev–Trinajstić information content (AvgIpc) is 3.35. The molecule has 5 fully saturated rings. The van der Waals surface area contributed by atoms with Gasteiger partial charge in [-0.25, -0.2) is 4.39 Å². The van der Waals surface area contributed by atoms with Crippen molar-refractivity contribution in [3.63, 3.8) is 0 Å². The summed E-state index contributed by atoms with van der Waals surface area (Å²) in [5.74, 6) is -2.83. The van der Waals surface area contributed by atoms with Crippen molar-refractivity contribution in [1.29, 1.82) is 0 Å². The fraction of sp³-hybridized carbons (Fsp3) is 0.545. The molecule has 3 N–H and O–H groups in total. The third-order valence-electron chi connectivity index (χ3n) is 11.8. The van der Waals surface area contributed by atoms with Crippen LogP contribution in [0.15, 0.2) is 36.4 Å². The quantitative estimate of drug-likeness (QED) is 0.371. The number of fused-ring (bicyclic) bond motifs is 6. The molecule has 2 aliphatic heterocycles. The molecule has 0 radical (unpaired) electrons. The first-order valence-corrected chi connectivity index (χ1v) is 15.8. The van der Waals surface area contributed by atoms with Crippen LogP contribution in [0.2, 0.25) is 10.0 Å². The number of hydrogen-bond donors (Lipinski definition) is 3. The lowest BCUT2D eigenvalue weighted by Gasteiger charge is -2.61. The van der Waals surface area contributed by atoms with Crippen molar-refractivity contribution >= 4 is 46.7 Å². The number of aliphatic carboxylic acids is 1. The van der Waals surface area contributed by atoms with E-state index in [9.17, 15) is 19.5 Å². The maximum Gasteiger partial charge on any atom is 0.309 e. The van der Waals surface area contributed by atoms with Gasteiger partial charge in [-0.2, -0.15) is 0 Å². The smallest absolute Gasteiger partial charge is 0.309 e. The Bertz CT molecular complexity index is 1560. The second kappa shape index (κ2) is 9.18. The number of hydrogen-bond acceptors (Lipinski definition) is 4. The first-order chi connectivity index (χ1) is 20.2. The van der Waals surface area contributed by atoms with Gasteiger partial charge in [0.15, 0.2) is 0 Å². The number of nitrogens with zero attached hydrogens (tertiary/aromatic N) is 1. The molecule has 6 aliphatic rings. The van der Waals surface area contributed by atoms with Crippen LogP contribution in [0.1, 0.15) is 82.3 Å². The number of anilines is 1. The molecule has 4 saturated carbocycles. The topological polar surface area (TPSA) is 98.7 Å². The molecule has 2 amide bonds. The number of benzene rings is 2. The van der Waals surface area contributed by atoms with E-state index in [0.29, 0.717) is 67.6 Å². The zero-order valence-corrected chi connectivity index (χ0v) is 26.0. The molecule has 3 atom stereocenters. The van der Waals surface area contributed by atoms with Crippen LogP contribution in [0.25, 0.3) is 0 Å². The zero-order valence-electron chi connectivity index (χ0n) is 24.5. The highest BCUT2D eigenvalue weighted by molar-refractivity contribution is 6.31. The number of carboxylic acids is 1. The summed E-state index contributed by atoms with van der Waals surface area (Å²) in [6, 6.07) is 9.21. The minimum Gasteiger partial charge on any atom is -0.481 e. The Morgan fingerprint density at radius 2 is 1.70 bits per heavy atom. The molecule has 2 heterocycles. The van der Waals surface area contributed by atoms with Crippen LogP contribution in [0.5, 0.6) is 0 Å². The van der Waals surface area contributed by atoms with Crippen LogP contribution in [0.4, 0.5) is 10.1 Å². The number of halogens is 3. The Hall–Kier alpha value is -2.68. The normalized spacial score (nSPS) is 35.1. The van der Waals surface area contributed by atoms with Gasteiger partial charge in [-0.3, -0.25) is 19.3 Å². The van der Waals surface area contributed by atoms with E-state index in [1.54, 1.807) is 24.3 Å². The Labute approximate surface area is 260 Å². The maximum absolute atomic E-state index is 16.2. The van der Waals surface area contributed by atoms with Crippen LogP contribution in [0, 0.1) is 16.6 Å². The number of carbonyl (C=O) groups is 3. The number of likely N-dealkylation sites (tertiary alicyclic amines) is 1. The van der Waals surface area contributed by atoms with Crippen LogP contribution < -0.4 is 10.6 Å². The van der Waals surface area contributed by atoms with E-state index in [-0.39, 0.29) is 27.8 Å². The summed E-state index contributed by atoms with van der Waals surface area (Å²) in [5, 5.41) is 16.7. The summed E-state index contributed by atoms with van der Waals surface area (Å²) in [6.07, 6.45) is 4.49. The monoisotopic (exact) mass is 627 g/mol. The Morgan fingerprint density at radius 1 is 1.05 bits per heavy atom. The Kier molecular flexibility index (Phi) is 6.20. The SMILES string of the molecule is CN1C(C(=O)NC23CCC(C(=O)O)(CC2)CC3)C(c2cccc(Cl)c2F)C2(C(=O)Nc3cc(Cl)ccc32)C12CC(C)(C)C2. The van der Waals surface area contributed by atoms with Gasteiger partial charge in [-0.15, -0.1) is 0 Å². The molecule has 4 aliphatic carbocycles. The van der Waals surface area contributed by atoms with E-state index in [1.165, 1.54) is 6.07 Å². The molecule has 228 valence electrons. The molecule has 8 rings (SSSR count). The Balaban J connectivity index is 1.39. The predicted octanol–water partition coefficient (Wildman–Crippen LogP) is 6.27. The van der Waals surface area contributed by atoms with Crippen molar-refractivity contribution in [3.05, 3.63) is 63.4 Å². The number of nitrogens with one attached hydrogen (secondary N) is 2. The summed E-state index contributed by atoms with van der Waals surface area (Å²) in [7, 11) is 1.89. The van der Waals surface area contributed by atoms with Crippen molar-refractivity contribution in [2.24, 2.45) is 10.8 Å². The third-order valence-corrected chi connectivity index (χ3v) is 12.4. The number of carboxylic acid groups (broad SMARTS) is 1. The van der Waals surface area contributed by atoms with E-state index in [2.05, 4.69) is 24.5 Å². The van der Waals surface area contributed by atoms with Gasteiger partial charge >= 0.3 is 5.97 Å². The molecule has 7 nitrogen and oxygen atoms in total. The van der Waals surface area contributed by atoms with Gasteiger partial charge in [0.25, 0.3) is 0 Å². The van der Waals surface area contributed by atoms with E-state index in [4.69, 9.17) is 23.2 Å². The lowest BCUT2D eigenvalue weighted by Crippen LogP contribution is -2.68. The predicted molar refractivity (Wildman–Crippen MR) is 162 cm³/mol. The van der Waals surface area contributed by atoms with Gasteiger partial charge in [-0.1, -0.05) is 55.2 Å². The minimum absolute atomic E-state index is 0.0674. The third kappa shape index (κ3) is 3.72. The van der Waals surface area contributed by atoms with E-state index in [0.717, 1.165) is 0 Å². The highest BCUT2D eigenvalue weighted by atomic mass is 35.5. The Morgan fingerprint density at radius 3 is 2.30 bits per heavy atom. The number of amides is 2. The van der Waals surface area contributed by atoms with E-state index in [1.807, 2.05) is 18.0 Å². The molecular weight excluding hydrogens is 592 g/mol. The summed E-state index contributed by atoms with van der Waals surface area (Å²) < 4.78 is 16.2. The summed E-state index contributed by atoms with van der Waals surface area (Å²) in [6.45, 7) is 4.30. The highest BCUT2D eigenvalue weighted by Gasteiger charge is 2.79. The average molecular weight is 629 g/mol. The van der Waals surface area contributed by atoms with Gasteiger partial charge in [-0.05, 0) is 93.2 Å². The fourth-order valence-corrected chi connectivity index (χ4v) is 10.3. The van der Waals surface area contributed by atoms with Gasteiger partial charge < -0.3 is 15.7 Å².